The van der Waals surface area contributed by atoms with Gasteiger partial charge in [0.15, 0.2) is 0 Å². The molecule has 2 N–H and O–H groups in total. The second kappa shape index (κ2) is 6.94. The molecule has 1 aromatic heterocycles. The summed E-state index contributed by atoms with van der Waals surface area (Å²) in [6, 6.07) is 3.66. The minimum absolute atomic E-state index is 0.145. The molecule has 24 heavy (non-hydrogen) atoms. The molecule has 2 rings (SSSR count). The summed E-state index contributed by atoms with van der Waals surface area (Å²) in [4.78, 5) is 15.3. The molecule has 0 aliphatic rings. The van der Waals surface area contributed by atoms with Crippen LogP contribution in [-0.4, -0.2) is 21.6 Å². The number of hydrogen-bond acceptors (Lipinski definition) is 3. The van der Waals surface area contributed by atoms with Crippen molar-refractivity contribution in [2.75, 3.05) is 10.6 Å². The first-order valence-corrected chi connectivity index (χ1v) is 7.36. The third kappa shape index (κ3) is 4.50. The van der Waals surface area contributed by atoms with E-state index in [4.69, 9.17) is 0 Å². The maximum atomic E-state index is 12.5. The van der Waals surface area contributed by atoms with Gasteiger partial charge in [-0.1, -0.05) is 6.07 Å². The molecular weight excluding hydrogens is 321 g/mol. The van der Waals surface area contributed by atoms with Crippen LogP contribution in [0.4, 0.5) is 24.5 Å². The van der Waals surface area contributed by atoms with Crippen molar-refractivity contribution < 1.29 is 18.0 Å². The summed E-state index contributed by atoms with van der Waals surface area (Å²) in [5.74, 6) is 0.104. The van der Waals surface area contributed by atoms with E-state index in [0.717, 1.165) is 21.4 Å². The predicted molar refractivity (Wildman–Crippen MR) is 85.8 cm³/mol. The normalized spacial score (nSPS) is 11.4. The maximum Gasteiger partial charge on any atom is 0.406 e. The molecule has 1 amide bonds. The highest BCUT2D eigenvalue weighted by molar-refractivity contribution is 5.91. The third-order valence-electron chi connectivity index (χ3n) is 3.56. The monoisotopic (exact) mass is 340 g/mol. The Labute approximate surface area is 137 Å². The van der Waals surface area contributed by atoms with Gasteiger partial charge in [0.05, 0.1) is 6.54 Å². The second-order valence-electron chi connectivity index (χ2n) is 5.55. The van der Waals surface area contributed by atoms with Crippen LogP contribution in [0.5, 0.6) is 0 Å². The number of halogens is 3. The molecule has 130 valence electrons. The van der Waals surface area contributed by atoms with E-state index in [1.165, 1.54) is 19.3 Å². The number of hydrogen-bond donors (Lipinski definition) is 2. The van der Waals surface area contributed by atoms with Crippen molar-refractivity contribution in [2.24, 2.45) is 0 Å². The quantitative estimate of drug-likeness (QED) is 0.874. The van der Waals surface area contributed by atoms with E-state index in [2.05, 4.69) is 15.6 Å². The average Bonchev–Trinajstić information content (AvgIpc) is 2.87. The summed E-state index contributed by atoms with van der Waals surface area (Å²) < 4.78 is 38.7. The molecule has 0 unspecified atom stereocenters. The van der Waals surface area contributed by atoms with Crippen molar-refractivity contribution >= 4 is 17.3 Å². The number of carbonyl (C=O) groups is 1. The Kier molecular flexibility index (Phi) is 5.16. The Morgan fingerprint density at radius 3 is 2.62 bits per heavy atom. The van der Waals surface area contributed by atoms with E-state index in [-0.39, 0.29) is 18.3 Å². The molecule has 8 heteroatoms. The number of alkyl halides is 3. The molecule has 1 aromatic carbocycles. The smallest absolute Gasteiger partial charge is 0.378 e. The van der Waals surface area contributed by atoms with Gasteiger partial charge in [-0.05, 0) is 31.0 Å². The highest BCUT2D eigenvalue weighted by Crippen LogP contribution is 2.28. The van der Waals surface area contributed by atoms with Gasteiger partial charge in [0, 0.05) is 30.7 Å². The Balaban J connectivity index is 2.16. The molecule has 0 radical (unpaired) electrons. The van der Waals surface area contributed by atoms with Gasteiger partial charge in [-0.25, -0.2) is 4.98 Å². The highest BCUT2D eigenvalue weighted by atomic mass is 19.4. The lowest BCUT2D eigenvalue weighted by Crippen LogP contribution is -2.20. The standard InChI is InChI=1S/C16H19F3N4O/c1-10-4-5-13(11(2)15(10)22-12(3)24)21-8-14-20-6-7-23(14)9-16(17,18)19/h4-7,21H,8-9H2,1-3H3,(H,22,24). The number of aromatic nitrogens is 2. The average molecular weight is 340 g/mol. The molecular formula is C16H19F3N4O. The van der Waals surface area contributed by atoms with Crippen molar-refractivity contribution in [2.45, 2.75) is 40.0 Å². The summed E-state index contributed by atoms with van der Waals surface area (Å²) in [6.45, 7) is 4.20. The fraction of sp³-hybridized carbons (Fsp3) is 0.375. The minimum Gasteiger partial charge on any atom is -0.378 e. The summed E-state index contributed by atoms with van der Waals surface area (Å²) in [6.07, 6.45) is -1.66. The molecule has 0 aliphatic heterocycles. The summed E-state index contributed by atoms with van der Waals surface area (Å²) in [5, 5.41) is 5.85. The van der Waals surface area contributed by atoms with Crippen LogP contribution in [0.2, 0.25) is 0 Å². The van der Waals surface area contributed by atoms with Gasteiger partial charge in [-0.15, -0.1) is 0 Å². The molecule has 0 atom stereocenters. The number of imidazole rings is 1. The van der Waals surface area contributed by atoms with Gasteiger partial charge < -0.3 is 15.2 Å². The summed E-state index contributed by atoms with van der Waals surface area (Å²) in [7, 11) is 0. The van der Waals surface area contributed by atoms with Crippen molar-refractivity contribution in [3.63, 3.8) is 0 Å². The Morgan fingerprint density at radius 1 is 1.29 bits per heavy atom. The van der Waals surface area contributed by atoms with Crippen LogP contribution in [-0.2, 0) is 17.9 Å². The third-order valence-corrected chi connectivity index (χ3v) is 3.56. The first-order valence-electron chi connectivity index (χ1n) is 7.36. The van der Waals surface area contributed by atoms with Gasteiger partial charge in [-0.2, -0.15) is 13.2 Å². The van der Waals surface area contributed by atoms with Crippen LogP contribution < -0.4 is 10.6 Å². The fourth-order valence-electron chi connectivity index (χ4n) is 2.43. The van der Waals surface area contributed by atoms with Gasteiger partial charge >= 0.3 is 6.18 Å². The van der Waals surface area contributed by atoms with Gasteiger partial charge in [-0.3, -0.25) is 4.79 Å². The van der Waals surface area contributed by atoms with E-state index in [1.807, 2.05) is 26.0 Å². The molecule has 5 nitrogen and oxygen atoms in total. The maximum absolute atomic E-state index is 12.5. The molecule has 0 spiro atoms. The number of nitrogens with zero attached hydrogens (tertiary/aromatic N) is 2. The van der Waals surface area contributed by atoms with Gasteiger partial charge in [0.2, 0.25) is 5.91 Å². The Morgan fingerprint density at radius 2 is 2.00 bits per heavy atom. The lowest BCUT2D eigenvalue weighted by atomic mass is 10.1. The zero-order valence-corrected chi connectivity index (χ0v) is 13.7. The Bertz CT molecular complexity index is 737. The number of nitrogens with one attached hydrogen (secondary N) is 2. The van der Waals surface area contributed by atoms with Crippen LogP contribution in [0.1, 0.15) is 23.9 Å². The number of anilines is 2. The van der Waals surface area contributed by atoms with E-state index in [9.17, 15) is 18.0 Å². The van der Waals surface area contributed by atoms with Gasteiger partial charge in [0.25, 0.3) is 0 Å². The summed E-state index contributed by atoms with van der Waals surface area (Å²) in [5.41, 5.74) is 3.16. The van der Waals surface area contributed by atoms with Crippen LogP contribution >= 0.6 is 0 Å². The molecule has 0 bridgehead atoms. The zero-order valence-electron chi connectivity index (χ0n) is 13.7. The van der Waals surface area contributed by atoms with Crippen molar-refractivity contribution in [3.05, 3.63) is 41.5 Å². The fourth-order valence-corrected chi connectivity index (χ4v) is 2.43. The van der Waals surface area contributed by atoms with E-state index in [1.54, 1.807) is 0 Å². The van der Waals surface area contributed by atoms with Crippen molar-refractivity contribution in [1.29, 1.82) is 0 Å². The van der Waals surface area contributed by atoms with Crippen LogP contribution in [0.15, 0.2) is 24.5 Å². The number of aryl methyl sites for hydroxylation is 1. The lowest BCUT2D eigenvalue weighted by Gasteiger charge is -2.16. The first kappa shape index (κ1) is 17.8. The largest absolute Gasteiger partial charge is 0.406 e. The van der Waals surface area contributed by atoms with E-state index >= 15 is 0 Å². The second-order valence-corrected chi connectivity index (χ2v) is 5.55. The van der Waals surface area contributed by atoms with Gasteiger partial charge in [0.1, 0.15) is 12.4 Å². The Hall–Kier alpha value is -2.51. The zero-order chi connectivity index (χ0) is 17.9. The van der Waals surface area contributed by atoms with Crippen LogP contribution in [0.25, 0.3) is 0 Å². The molecule has 1 heterocycles. The summed E-state index contributed by atoms with van der Waals surface area (Å²) >= 11 is 0. The van der Waals surface area contributed by atoms with Crippen LogP contribution in [0.3, 0.4) is 0 Å². The molecule has 2 aromatic rings. The predicted octanol–water partition coefficient (Wildman–Crippen LogP) is 3.63. The van der Waals surface area contributed by atoms with Crippen molar-refractivity contribution in [1.82, 2.24) is 9.55 Å². The number of carbonyl (C=O) groups excluding carboxylic acids is 1. The number of amides is 1. The molecule has 0 saturated heterocycles. The number of benzene rings is 1. The van der Waals surface area contributed by atoms with E-state index < -0.39 is 12.7 Å². The molecule has 0 fully saturated rings. The highest BCUT2D eigenvalue weighted by Gasteiger charge is 2.28. The van der Waals surface area contributed by atoms with Crippen molar-refractivity contribution in [3.8, 4) is 0 Å². The SMILES string of the molecule is CC(=O)Nc1c(C)ccc(NCc2nccn2CC(F)(F)F)c1C. The lowest BCUT2D eigenvalue weighted by molar-refractivity contribution is -0.141. The van der Waals surface area contributed by atoms with E-state index in [0.29, 0.717) is 5.69 Å². The number of rotatable bonds is 5. The topological polar surface area (TPSA) is 59.0 Å². The molecule has 0 aliphatic carbocycles. The first-order chi connectivity index (χ1) is 11.2. The minimum atomic E-state index is -4.30. The van der Waals surface area contributed by atoms with Crippen LogP contribution in [0, 0.1) is 13.8 Å². The molecule has 0 saturated carbocycles.